The Morgan fingerprint density at radius 3 is 2.40 bits per heavy atom. The van der Waals surface area contributed by atoms with Crippen molar-refractivity contribution in [2.45, 2.75) is 4.90 Å². The van der Waals surface area contributed by atoms with E-state index in [0.717, 1.165) is 26.8 Å². The molecular formula is C20H13BrFN3O3S2. The van der Waals surface area contributed by atoms with Crippen LogP contribution in [0, 0.1) is 5.82 Å². The van der Waals surface area contributed by atoms with Gasteiger partial charge in [0.2, 0.25) is 0 Å². The molecule has 30 heavy (non-hydrogen) atoms. The summed E-state index contributed by atoms with van der Waals surface area (Å²) in [5.41, 5.74) is 1.41. The fourth-order valence-corrected chi connectivity index (χ4v) is 5.11. The second-order valence-corrected chi connectivity index (χ2v) is 9.85. The van der Waals surface area contributed by atoms with Gasteiger partial charge in [-0.3, -0.25) is 14.8 Å². The SMILES string of the molecule is O=C(Nc1nc2ccc(Br)cc2s1)c1ccc(NS(=O)(=O)c2ccc(F)cc2)cc1. The van der Waals surface area contributed by atoms with E-state index in [9.17, 15) is 17.6 Å². The number of anilines is 2. The van der Waals surface area contributed by atoms with E-state index in [0.29, 0.717) is 10.7 Å². The number of nitrogens with zero attached hydrogens (tertiary/aromatic N) is 1. The van der Waals surface area contributed by atoms with Crippen molar-refractivity contribution in [2.75, 3.05) is 10.0 Å². The van der Waals surface area contributed by atoms with Crippen LogP contribution in [0.5, 0.6) is 0 Å². The molecule has 0 atom stereocenters. The summed E-state index contributed by atoms with van der Waals surface area (Å²) in [6, 6.07) is 16.1. The number of hydrogen-bond donors (Lipinski definition) is 2. The van der Waals surface area contributed by atoms with Crippen molar-refractivity contribution in [1.29, 1.82) is 0 Å². The first-order valence-corrected chi connectivity index (χ1v) is 11.7. The van der Waals surface area contributed by atoms with Crippen molar-refractivity contribution in [2.24, 2.45) is 0 Å². The lowest BCUT2D eigenvalue weighted by atomic mass is 10.2. The predicted octanol–water partition coefficient (Wildman–Crippen LogP) is 5.25. The Bertz CT molecular complexity index is 1340. The fourth-order valence-electron chi connectivity index (χ4n) is 2.64. The Morgan fingerprint density at radius 1 is 1.00 bits per heavy atom. The number of fused-ring (bicyclic) bond motifs is 1. The molecule has 0 fully saturated rings. The van der Waals surface area contributed by atoms with E-state index >= 15 is 0 Å². The van der Waals surface area contributed by atoms with Gasteiger partial charge in [0.15, 0.2) is 5.13 Å². The van der Waals surface area contributed by atoms with Crippen molar-refractivity contribution < 1.29 is 17.6 Å². The van der Waals surface area contributed by atoms with E-state index < -0.39 is 15.8 Å². The van der Waals surface area contributed by atoms with Gasteiger partial charge in [-0.1, -0.05) is 27.3 Å². The minimum absolute atomic E-state index is 0.0619. The molecule has 0 saturated heterocycles. The molecule has 3 aromatic carbocycles. The lowest BCUT2D eigenvalue weighted by molar-refractivity contribution is 0.102. The third kappa shape index (κ3) is 4.50. The molecule has 0 aliphatic carbocycles. The molecule has 4 rings (SSSR count). The molecule has 0 saturated carbocycles. The van der Waals surface area contributed by atoms with Gasteiger partial charge in [-0.15, -0.1) is 0 Å². The van der Waals surface area contributed by atoms with Crippen LogP contribution in [-0.2, 0) is 10.0 Å². The Hall–Kier alpha value is -2.82. The third-order valence-electron chi connectivity index (χ3n) is 4.09. The number of rotatable bonds is 5. The number of thiazole rings is 1. The topological polar surface area (TPSA) is 88.2 Å². The van der Waals surface area contributed by atoms with Gasteiger partial charge in [0.05, 0.1) is 15.1 Å². The number of carbonyl (C=O) groups excluding carboxylic acids is 1. The van der Waals surface area contributed by atoms with Crippen LogP contribution in [0.15, 0.2) is 76.1 Å². The zero-order valence-corrected chi connectivity index (χ0v) is 18.3. The number of sulfonamides is 1. The number of carbonyl (C=O) groups is 1. The Balaban J connectivity index is 1.47. The highest BCUT2D eigenvalue weighted by Gasteiger charge is 2.15. The van der Waals surface area contributed by atoms with Crippen molar-refractivity contribution in [3.63, 3.8) is 0 Å². The summed E-state index contributed by atoms with van der Waals surface area (Å²) < 4.78 is 42.0. The lowest BCUT2D eigenvalue weighted by Crippen LogP contribution is -2.14. The number of nitrogens with one attached hydrogen (secondary N) is 2. The van der Waals surface area contributed by atoms with Crippen LogP contribution in [0.4, 0.5) is 15.2 Å². The zero-order valence-electron chi connectivity index (χ0n) is 15.1. The highest BCUT2D eigenvalue weighted by molar-refractivity contribution is 9.10. The van der Waals surface area contributed by atoms with Crippen molar-refractivity contribution in [3.05, 3.63) is 82.6 Å². The molecule has 6 nitrogen and oxygen atoms in total. The van der Waals surface area contributed by atoms with Crippen LogP contribution in [0.2, 0.25) is 0 Å². The quantitative estimate of drug-likeness (QED) is 0.387. The molecule has 0 radical (unpaired) electrons. The Labute approximate surface area is 184 Å². The number of halogens is 2. The predicted molar refractivity (Wildman–Crippen MR) is 119 cm³/mol. The van der Waals surface area contributed by atoms with Gasteiger partial charge in [0, 0.05) is 15.7 Å². The molecule has 4 aromatic rings. The summed E-state index contributed by atoms with van der Waals surface area (Å²) in [6.45, 7) is 0. The molecule has 0 spiro atoms. The summed E-state index contributed by atoms with van der Waals surface area (Å²) in [7, 11) is -3.86. The van der Waals surface area contributed by atoms with E-state index in [2.05, 4.69) is 31.0 Å². The van der Waals surface area contributed by atoms with Crippen LogP contribution < -0.4 is 10.0 Å². The Morgan fingerprint density at radius 2 is 1.70 bits per heavy atom. The summed E-state index contributed by atoms with van der Waals surface area (Å²) in [6.07, 6.45) is 0. The normalized spacial score (nSPS) is 11.4. The fraction of sp³-hybridized carbons (Fsp3) is 0. The molecule has 0 unspecified atom stereocenters. The van der Waals surface area contributed by atoms with Gasteiger partial charge in [-0.05, 0) is 66.7 Å². The highest BCUT2D eigenvalue weighted by atomic mass is 79.9. The van der Waals surface area contributed by atoms with E-state index in [1.54, 1.807) is 0 Å². The number of aromatic nitrogens is 1. The van der Waals surface area contributed by atoms with Crippen LogP contribution in [0.25, 0.3) is 10.2 Å². The van der Waals surface area contributed by atoms with E-state index in [1.165, 1.54) is 47.7 Å². The molecule has 0 aliphatic rings. The summed E-state index contributed by atoms with van der Waals surface area (Å²) in [5, 5.41) is 3.21. The monoisotopic (exact) mass is 505 g/mol. The van der Waals surface area contributed by atoms with E-state index in [-0.39, 0.29) is 16.5 Å². The van der Waals surface area contributed by atoms with Gasteiger partial charge in [-0.25, -0.2) is 17.8 Å². The average Bonchev–Trinajstić information content (AvgIpc) is 3.09. The molecule has 0 bridgehead atoms. The maximum Gasteiger partial charge on any atom is 0.261 e. The van der Waals surface area contributed by atoms with Crippen molar-refractivity contribution in [3.8, 4) is 0 Å². The van der Waals surface area contributed by atoms with Gasteiger partial charge in [0.1, 0.15) is 5.82 Å². The van der Waals surface area contributed by atoms with Gasteiger partial charge < -0.3 is 0 Å². The second-order valence-electron chi connectivity index (χ2n) is 6.22. The van der Waals surface area contributed by atoms with Crippen LogP contribution in [0.1, 0.15) is 10.4 Å². The lowest BCUT2D eigenvalue weighted by Gasteiger charge is -2.09. The smallest absolute Gasteiger partial charge is 0.261 e. The highest BCUT2D eigenvalue weighted by Crippen LogP contribution is 2.28. The van der Waals surface area contributed by atoms with E-state index in [4.69, 9.17) is 0 Å². The maximum absolute atomic E-state index is 13.0. The minimum Gasteiger partial charge on any atom is -0.298 e. The maximum atomic E-state index is 13.0. The van der Waals surface area contributed by atoms with Gasteiger partial charge >= 0.3 is 0 Å². The molecule has 0 aliphatic heterocycles. The molecule has 152 valence electrons. The molecule has 1 heterocycles. The van der Waals surface area contributed by atoms with Gasteiger partial charge in [0.25, 0.3) is 15.9 Å². The molecule has 1 aromatic heterocycles. The minimum atomic E-state index is -3.86. The first-order valence-electron chi connectivity index (χ1n) is 8.56. The van der Waals surface area contributed by atoms with Crippen LogP contribution in [-0.4, -0.2) is 19.3 Å². The standard InChI is InChI=1S/C20H13BrFN3O3S2/c21-13-3-10-17-18(11-13)29-20(23-17)24-19(26)12-1-6-15(7-2-12)25-30(27,28)16-8-4-14(22)5-9-16/h1-11,25H,(H,23,24,26). The van der Waals surface area contributed by atoms with Crippen molar-refractivity contribution in [1.82, 2.24) is 4.98 Å². The molecule has 2 N–H and O–H groups in total. The van der Waals surface area contributed by atoms with E-state index in [1.807, 2.05) is 18.2 Å². The summed E-state index contributed by atoms with van der Waals surface area (Å²) >= 11 is 4.75. The van der Waals surface area contributed by atoms with Crippen LogP contribution in [0.3, 0.4) is 0 Å². The molecule has 10 heteroatoms. The molecule has 1 amide bonds. The number of benzene rings is 3. The second kappa shape index (κ2) is 8.13. The number of amides is 1. The third-order valence-corrected chi connectivity index (χ3v) is 6.92. The van der Waals surface area contributed by atoms with Gasteiger partial charge in [-0.2, -0.15) is 0 Å². The first-order chi connectivity index (χ1) is 14.3. The average molecular weight is 506 g/mol. The van der Waals surface area contributed by atoms with Crippen LogP contribution >= 0.6 is 27.3 Å². The molecular weight excluding hydrogens is 493 g/mol. The summed E-state index contributed by atoms with van der Waals surface area (Å²) in [5.74, 6) is -0.883. The Kier molecular flexibility index (Phi) is 5.54. The van der Waals surface area contributed by atoms with Crippen molar-refractivity contribution >= 4 is 64.2 Å². The zero-order chi connectivity index (χ0) is 21.3. The largest absolute Gasteiger partial charge is 0.298 e. The first kappa shape index (κ1) is 20.5. The summed E-state index contributed by atoms with van der Waals surface area (Å²) in [4.78, 5) is 16.8. The number of hydrogen-bond acceptors (Lipinski definition) is 5.